The molecule has 0 fully saturated rings. The van der Waals surface area contributed by atoms with Crippen LogP contribution in [0.5, 0.6) is 11.5 Å². The van der Waals surface area contributed by atoms with Crippen LogP contribution in [0.4, 0.5) is 0 Å². The van der Waals surface area contributed by atoms with E-state index in [0.717, 1.165) is 5.56 Å². The fourth-order valence-corrected chi connectivity index (χ4v) is 2.42. The zero-order chi connectivity index (χ0) is 18.2. The predicted octanol–water partition coefficient (Wildman–Crippen LogP) is 2.34. The second-order valence-electron chi connectivity index (χ2n) is 5.44. The minimum absolute atomic E-state index is 0.150. The first kappa shape index (κ1) is 18.4. The Labute approximate surface area is 145 Å². The van der Waals surface area contributed by atoms with Crippen molar-refractivity contribution in [2.45, 2.75) is 19.4 Å². The third-order valence-corrected chi connectivity index (χ3v) is 3.63. The van der Waals surface area contributed by atoms with Crippen molar-refractivity contribution >= 4 is 11.9 Å². The maximum atomic E-state index is 12.4. The Morgan fingerprint density at radius 3 is 2.36 bits per heavy atom. The molecule has 1 aromatic heterocycles. The predicted molar refractivity (Wildman–Crippen MR) is 89.6 cm³/mol. The topological polar surface area (TPSA) is 89.2 Å². The highest BCUT2D eigenvalue weighted by molar-refractivity contribution is 5.81. The summed E-state index contributed by atoms with van der Waals surface area (Å²) in [5.41, 5.74) is 0.726. The SMILES string of the molecule is COc1cc(CN(CC(=O)O)C(=O)CCc2ccco2)cc(OC)c1. The van der Waals surface area contributed by atoms with E-state index < -0.39 is 5.97 Å². The molecule has 25 heavy (non-hydrogen) atoms. The van der Waals surface area contributed by atoms with Crippen LogP contribution in [0.25, 0.3) is 0 Å². The van der Waals surface area contributed by atoms with Gasteiger partial charge in [-0.05, 0) is 29.8 Å². The van der Waals surface area contributed by atoms with E-state index in [4.69, 9.17) is 19.0 Å². The molecule has 2 rings (SSSR count). The number of nitrogens with zero attached hydrogens (tertiary/aromatic N) is 1. The van der Waals surface area contributed by atoms with Crippen molar-refractivity contribution in [2.75, 3.05) is 20.8 Å². The van der Waals surface area contributed by atoms with Crippen molar-refractivity contribution in [3.8, 4) is 11.5 Å². The smallest absolute Gasteiger partial charge is 0.323 e. The zero-order valence-electron chi connectivity index (χ0n) is 14.2. The molecule has 7 heteroatoms. The minimum atomic E-state index is -1.07. The van der Waals surface area contributed by atoms with Crippen LogP contribution in [0.3, 0.4) is 0 Å². The van der Waals surface area contributed by atoms with Gasteiger partial charge in [0.15, 0.2) is 0 Å². The van der Waals surface area contributed by atoms with Gasteiger partial charge < -0.3 is 23.9 Å². The molecule has 0 saturated heterocycles. The highest BCUT2D eigenvalue weighted by atomic mass is 16.5. The second-order valence-corrected chi connectivity index (χ2v) is 5.44. The molecule has 0 atom stereocenters. The molecule has 7 nitrogen and oxygen atoms in total. The number of furan rings is 1. The number of hydrogen-bond donors (Lipinski definition) is 1. The summed E-state index contributed by atoms with van der Waals surface area (Å²) < 4.78 is 15.6. The van der Waals surface area contributed by atoms with E-state index in [1.165, 1.54) is 25.4 Å². The molecule has 0 saturated carbocycles. The quantitative estimate of drug-likeness (QED) is 0.749. The Morgan fingerprint density at radius 1 is 1.16 bits per heavy atom. The lowest BCUT2D eigenvalue weighted by Gasteiger charge is -2.21. The number of benzene rings is 1. The Bertz CT molecular complexity index is 688. The molecule has 0 aliphatic heterocycles. The molecule has 2 aromatic rings. The average molecular weight is 347 g/mol. The molecule has 1 heterocycles. The van der Waals surface area contributed by atoms with Crippen LogP contribution in [0.2, 0.25) is 0 Å². The van der Waals surface area contributed by atoms with E-state index in [0.29, 0.717) is 23.7 Å². The number of rotatable bonds is 9. The van der Waals surface area contributed by atoms with Crippen LogP contribution in [-0.4, -0.2) is 42.6 Å². The standard InChI is InChI=1S/C18H21NO6/c1-23-15-8-13(9-16(10-15)24-2)11-19(12-18(21)22)17(20)6-5-14-4-3-7-25-14/h3-4,7-10H,5-6,11-12H2,1-2H3,(H,21,22). The van der Waals surface area contributed by atoms with Crippen LogP contribution < -0.4 is 9.47 Å². The van der Waals surface area contributed by atoms with Crippen LogP contribution in [-0.2, 0) is 22.6 Å². The number of carbonyl (C=O) groups excluding carboxylic acids is 1. The largest absolute Gasteiger partial charge is 0.497 e. The van der Waals surface area contributed by atoms with E-state index in [1.807, 2.05) is 0 Å². The summed E-state index contributed by atoms with van der Waals surface area (Å²) >= 11 is 0. The molecule has 134 valence electrons. The molecule has 0 aliphatic rings. The summed E-state index contributed by atoms with van der Waals surface area (Å²) in [6, 6.07) is 8.73. The minimum Gasteiger partial charge on any atom is -0.497 e. The normalized spacial score (nSPS) is 10.3. The number of amides is 1. The molecule has 1 N–H and O–H groups in total. The summed E-state index contributed by atoms with van der Waals surface area (Å²) in [6.07, 6.45) is 2.13. The Balaban J connectivity index is 2.11. The lowest BCUT2D eigenvalue weighted by molar-refractivity contribution is -0.144. The zero-order valence-corrected chi connectivity index (χ0v) is 14.2. The van der Waals surface area contributed by atoms with Gasteiger partial charge in [0, 0.05) is 25.5 Å². The lowest BCUT2D eigenvalue weighted by atomic mass is 10.1. The lowest BCUT2D eigenvalue weighted by Crippen LogP contribution is -2.35. The van der Waals surface area contributed by atoms with Crippen molar-refractivity contribution in [3.05, 3.63) is 47.9 Å². The van der Waals surface area contributed by atoms with Gasteiger partial charge in [0.2, 0.25) is 5.91 Å². The van der Waals surface area contributed by atoms with Crippen LogP contribution >= 0.6 is 0 Å². The first-order valence-electron chi connectivity index (χ1n) is 7.75. The fraction of sp³-hybridized carbons (Fsp3) is 0.333. The van der Waals surface area contributed by atoms with Crippen LogP contribution in [0, 0.1) is 0 Å². The van der Waals surface area contributed by atoms with Gasteiger partial charge in [-0.1, -0.05) is 0 Å². The fourth-order valence-electron chi connectivity index (χ4n) is 2.42. The number of aryl methyl sites for hydroxylation is 1. The number of carboxylic acids is 1. The molecule has 0 bridgehead atoms. The van der Waals surface area contributed by atoms with Gasteiger partial charge in [0.25, 0.3) is 0 Å². The molecule has 0 unspecified atom stereocenters. The van der Waals surface area contributed by atoms with Gasteiger partial charge in [-0.25, -0.2) is 0 Å². The van der Waals surface area contributed by atoms with Crippen molar-refractivity contribution in [2.24, 2.45) is 0 Å². The highest BCUT2D eigenvalue weighted by Gasteiger charge is 2.18. The molecule has 1 amide bonds. The summed E-state index contributed by atoms with van der Waals surface area (Å²) in [5.74, 6) is 0.508. The van der Waals surface area contributed by atoms with Gasteiger partial charge in [-0.2, -0.15) is 0 Å². The number of carbonyl (C=O) groups is 2. The average Bonchev–Trinajstić information content (AvgIpc) is 3.11. The van der Waals surface area contributed by atoms with Crippen molar-refractivity contribution in [3.63, 3.8) is 0 Å². The monoisotopic (exact) mass is 347 g/mol. The summed E-state index contributed by atoms with van der Waals surface area (Å²) in [5, 5.41) is 9.10. The Morgan fingerprint density at radius 2 is 1.84 bits per heavy atom. The van der Waals surface area contributed by atoms with Gasteiger partial charge in [0.1, 0.15) is 23.8 Å². The maximum absolute atomic E-state index is 12.4. The first-order chi connectivity index (χ1) is 12.0. The summed E-state index contributed by atoms with van der Waals surface area (Å²) in [7, 11) is 3.06. The van der Waals surface area contributed by atoms with Gasteiger partial charge in [-0.15, -0.1) is 0 Å². The van der Waals surface area contributed by atoms with E-state index in [1.54, 1.807) is 30.3 Å². The maximum Gasteiger partial charge on any atom is 0.323 e. The third kappa shape index (κ3) is 5.56. The highest BCUT2D eigenvalue weighted by Crippen LogP contribution is 2.23. The van der Waals surface area contributed by atoms with Gasteiger partial charge in [0.05, 0.1) is 20.5 Å². The van der Waals surface area contributed by atoms with Crippen LogP contribution in [0.1, 0.15) is 17.7 Å². The molecule has 0 spiro atoms. The van der Waals surface area contributed by atoms with E-state index in [9.17, 15) is 9.59 Å². The first-order valence-corrected chi connectivity index (χ1v) is 7.75. The molecular weight excluding hydrogens is 326 g/mol. The number of aliphatic carboxylic acids is 1. The van der Waals surface area contributed by atoms with E-state index in [-0.39, 0.29) is 25.4 Å². The van der Waals surface area contributed by atoms with Crippen LogP contribution in [0.15, 0.2) is 41.0 Å². The number of methoxy groups -OCH3 is 2. The second kappa shape index (κ2) is 8.77. The summed E-state index contributed by atoms with van der Waals surface area (Å²) in [6.45, 7) is -0.229. The van der Waals surface area contributed by atoms with Crippen molar-refractivity contribution in [1.82, 2.24) is 4.90 Å². The van der Waals surface area contributed by atoms with E-state index >= 15 is 0 Å². The molecular formula is C18H21NO6. The van der Waals surface area contributed by atoms with Crippen molar-refractivity contribution in [1.29, 1.82) is 0 Å². The third-order valence-electron chi connectivity index (χ3n) is 3.63. The van der Waals surface area contributed by atoms with E-state index in [2.05, 4.69) is 0 Å². The molecule has 1 aromatic carbocycles. The Hall–Kier alpha value is -2.96. The van der Waals surface area contributed by atoms with Crippen molar-refractivity contribution < 1.29 is 28.6 Å². The Kier molecular flexibility index (Phi) is 6.45. The van der Waals surface area contributed by atoms with Gasteiger partial charge >= 0.3 is 5.97 Å². The number of carboxylic acid groups (broad SMARTS) is 1. The molecule has 0 aliphatic carbocycles. The van der Waals surface area contributed by atoms with Gasteiger partial charge in [-0.3, -0.25) is 9.59 Å². The summed E-state index contributed by atoms with van der Waals surface area (Å²) in [4.78, 5) is 24.9. The molecule has 0 radical (unpaired) electrons. The number of hydrogen-bond acceptors (Lipinski definition) is 5. The number of ether oxygens (including phenoxy) is 2.